The Bertz CT molecular complexity index is 465. The van der Waals surface area contributed by atoms with Crippen LogP contribution < -0.4 is 0 Å². The molecule has 130 valence electrons. The number of amides is 1. The number of hydrogen-bond acceptors (Lipinski definition) is 2. The molecule has 0 spiro atoms. The van der Waals surface area contributed by atoms with Crippen molar-refractivity contribution in [3.05, 3.63) is 11.6 Å². The quantitative estimate of drug-likeness (QED) is 0.749. The standard InChI is InChI=1S/C19H31NO3/c1-19(2)20(18(21)22)16(13-14-9-5-3-6-10-14)17(23-19)15-11-7-4-8-12-15/h11,14,16-17H,3-10,12-13H2,1-2H3,(H,21,22)/t16-,17-/m0/s1. The van der Waals surface area contributed by atoms with Crippen LogP contribution in [0.3, 0.4) is 0 Å². The summed E-state index contributed by atoms with van der Waals surface area (Å²) in [6.07, 6.45) is 13.4. The molecule has 23 heavy (non-hydrogen) atoms. The number of carbonyl (C=O) groups is 1. The molecule has 1 heterocycles. The van der Waals surface area contributed by atoms with E-state index in [1.54, 1.807) is 4.90 Å². The van der Waals surface area contributed by atoms with Crippen molar-refractivity contribution >= 4 is 6.09 Å². The lowest BCUT2D eigenvalue weighted by Crippen LogP contribution is -2.48. The molecule has 4 heteroatoms. The predicted molar refractivity (Wildman–Crippen MR) is 90.3 cm³/mol. The van der Waals surface area contributed by atoms with Crippen LogP contribution in [0.15, 0.2) is 11.6 Å². The van der Waals surface area contributed by atoms with Gasteiger partial charge in [0.1, 0.15) is 11.8 Å². The average Bonchev–Trinajstić information content (AvgIpc) is 2.80. The molecule has 3 aliphatic rings. The van der Waals surface area contributed by atoms with E-state index in [4.69, 9.17) is 4.74 Å². The van der Waals surface area contributed by atoms with E-state index in [9.17, 15) is 9.90 Å². The third kappa shape index (κ3) is 3.57. The second-order valence-corrected chi connectivity index (χ2v) is 7.97. The maximum atomic E-state index is 11.9. The molecule has 0 unspecified atom stereocenters. The molecule has 4 nitrogen and oxygen atoms in total. The Hall–Kier alpha value is -1.03. The van der Waals surface area contributed by atoms with Gasteiger partial charge in [-0.05, 0) is 57.4 Å². The van der Waals surface area contributed by atoms with E-state index in [0.29, 0.717) is 5.92 Å². The highest BCUT2D eigenvalue weighted by molar-refractivity contribution is 5.67. The van der Waals surface area contributed by atoms with Crippen LogP contribution in [-0.4, -0.2) is 34.0 Å². The molecule has 1 amide bonds. The van der Waals surface area contributed by atoms with Gasteiger partial charge in [0.05, 0.1) is 6.04 Å². The molecule has 1 saturated heterocycles. The number of rotatable bonds is 3. The van der Waals surface area contributed by atoms with E-state index in [2.05, 4.69) is 6.08 Å². The van der Waals surface area contributed by atoms with Gasteiger partial charge in [0, 0.05) is 0 Å². The Morgan fingerprint density at radius 2 is 2.00 bits per heavy atom. The maximum absolute atomic E-state index is 11.9. The first-order chi connectivity index (χ1) is 11.0. The van der Waals surface area contributed by atoms with Crippen LogP contribution in [0.2, 0.25) is 0 Å². The van der Waals surface area contributed by atoms with Crippen LogP contribution in [-0.2, 0) is 4.74 Å². The normalized spacial score (nSPS) is 31.9. The first-order valence-corrected chi connectivity index (χ1v) is 9.38. The molecule has 3 rings (SSSR count). The number of nitrogens with zero attached hydrogens (tertiary/aromatic N) is 1. The van der Waals surface area contributed by atoms with Gasteiger partial charge in [-0.1, -0.05) is 38.2 Å². The lowest BCUT2D eigenvalue weighted by atomic mass is 9.81. The summed E-state index contributed by atoms with van der Waals surface area (Å²) in [5.74, 6) is 0.653. The van der Waals surface area contributed by atoms with Crippen molar-refractivity contribution in [2.75, 3.05) is 0 Å². The van der Waals surface area contributed by atoms with Crippen molar-refractivity contribution in [1.29, 1.82) is 0 Å². The van der Waals surface area contributed by atoms with Gasteiger partial charge in [0.2, 0.25) is 0 Å². The van der Waals surface area contributed by atoms with E-state index in [0.717, 1.165) is 19.3 Å². The molecule has 1 N–H and O–H groups in total. The SMILES string of the molecule is CC1(C)O[C@@H](C2=CCCCC2)[C@H](CC2CCCCC2)N1C(=O)O. The molecule has 1 aliphatic heterocycles. The second kappa shape index (κ2) is 6.84. The van der Waals surface area contributed by atoms with Gasteiger partial charge >= 0.3 is 6.09 Å². The fourth-order valence-corrected chi connectivity index (χ4v) is 4.79. The Balaban J connectivity index is 1.83. The summed E-state index contributed by atoms with van der Waals surface area (Å²) < 4.78 is 6.29. The maximum Gasteiger partial charge on any atom is 0.409 e. The minimum absolute atomic E-state index is 0.0186. The lowest BCUT2D eigenvalue weighted by Gasteiger charge is -2.34. The Morgan fingerprint density at radius 1 is 1.26 bits per heavy atom. The monoisotopic (exact) mass is 321 g/mol. The van der Waals surface area contributed by atoms with Crippen molar-refractivity contribution in [1.82, 2.24) is 4.90 Å². The third-order valence-corrected chi connectivity index (χ3v) is 5.87. The summed E-state index contributed by atoms with van der Waals surface area (Å²) in [4.78, 5) is 13.5. The van der Waals surface area contributed by atoms with Gasteiger partial charge < -0.3 is 9.84 Å². The van der Waals surface area contributed by atoms with Crippen LogP contribution >= 0.6 is 0 Å². The van der Waals surface area contributed by atoms with Crippen molar-refractivity contribution in [3.63, 3.8) is 0 Å². The molecule has 0 bridgehead atoms. The zero-order valence-corrected chi connectivity index (χ0v) is 14.6. The summed E-state index contributed by atoms with van der Waals surface area (Å²) in [5, 5.41) is 9.79. The fraction of sp³-hybridized carbons (Fsp3) is 0.842. The summed E-state index contributed by atoms with van der Waals surface area (Å²) in [7, 11) is 0. The molecule has 2 fully saturated rings. The topological polar surface area (TPSA) is 49.8 Å². The molecule has 0 radical (unpaired) electrons. The van der Waals surface area contributed by atoms with Gasteiger partial charge in [-0.2, -0.15) is 0 Å². The van der Waals surface area contributed by atoms with Gasteiger partial charge in [-0.3, -0.25) is 4.90 Å². The molecule has 2 atom stereocenters. The summed E-state index contributed by atoms with van der Waals surface area (Å²) in [6, 6.07) is -0.0186. The molecule has 1 saturated carbocycles. The minimum atomic E-state index is -0.838. The number of hydrogen-bond donors (Lipinski definition) is 1. The lowest BCUT2D eigenvalue weighted by molar-refractivity contribution is -0.0592. The van der Waals surface area contributed by atoms with E-state index in [1.807, 2.05) is 13.8 Å². The van der Waals surface area contributed by atoms with E-state index >= 15 is 0 Å². The number of allylic oxidation sites excluding steroid dienone is 1. The van der Waals surface area contributed by atoms with Crippen molar-refractivity contribution in [2.24, 2.45) is 5.92 Å². The predicted octanol–water partition coefficient (Wildman–Crippen LogP) is 4.94. The van der Waals surface area contributed by atoms with Crippen LogP contribution in [0.5, 0.6) is 0 Å². The Morgan fingerprint density at radius 3 is 2.61 bits per heavy atom. The van der Waals surface area contributed by atoms with Crippen LogP contribution in [0, 0.1) is 5.92 Å². The Labute approximate surface area is 139 Å². The molecule has 0 aromatic heterocycles. The van der Waals surface area contributed by atoms with E-state index in [1.165, 1.54) is 50.5 Å². The zero-order chi connectivity index (χ0) is 16.4. The minimum Gasteiger partial charge on any atom is -0.465 e. The highest BCUT2D eigenvalue weighted by Gasteiger charge is 2.51. The van der Waals surface area contributed by atoms with Crippen LogP contribution in [0.1, 0.15) is 78.1 Å². The summed E-state index contributed by atoms with van der Waals surface area (Å²) in [5.41, 5.74) is 0.614. The smallest absolute Gasteiger partial charge is 0.409 e. The number of carboxylic acid groups (broad SMARTS) is 1. The van der Waals surface area contributed by atoms with Gasteiger partial charge in [0.25, 0.3) is 0 Å². The number of ether oxygens (including phenoxy) is 1. The van der Waals surface area contributed by atoms with E-state index < -0.39 is 11.8 Å². The fourth-order valence-electron chi connectivity index (χ4n) is 4.79. The molecule has 0 aromatic carbocycles. The van der Waals surface area contributed by atoms with Gasteiger partial charge in [0.15, 0.2) is 0 Å². The third-order valence-electron chi connectivity index (χ3n) is 5.87. The van der Waals surface area contributed by atoms with Crippen LogP contribution in [0.4, 0.5) is 4.79 Å². The highest BCUT2D eigenvalue weighted by Crippen LogP contribution is 2.42. The zero-order valence-electron chi connectivity index (χ0n) is 14.6. The second-order valence-electron chi connectivity index (χ2n) is 7.97. The largest absolute Gasteiger partial charge is 0.465 e. The first-order valence-electron chi connectivity index (χ1n) is 9.38. The van der Waals surface area contributed by atoms with Crippen molar-refractivity contribution in [2.45, 2.75) is 95.9 Å². The highest BCUT2D eigenvalue weighted by atomic mass is 16.6. The van der Waals surface area contributed by atoms with Crippen molar-refractivity contribution in [3.8, 4) is 0 Å². The van der Waals surface area contributed by atoms with E-state index in [-0.39, 0.29) is 12.1 Å². The average molecular weight is 321 g/mol. The molecule has 2 aliphatic carbocycles. The van der Waals surface area contributed by atoms with Crippen LogP contribution in [0.25, 0.3) is 0 Å². The van der Waals surface area contributed by atoms with Gasteiger partial charge in [-0.15, -0.1) is 0 Å². The van der Waals surface area contributed by atoms with Crippen molar-refractivity contribution < 1.29 is 14.6 Å². The first kappa shape index (κ1) is 16.8. The summed E-state index contributed by atoms with van der Waals surface area (Å²) >= 11 is 0. The molecular weight excluding hydrogens is 290 g/mol. The Kier molecular flexibility index (Phi) is 5.00. The molecule has 0 aromatic rings. The van der Waals surface area contributed by atoms with Gasteiger partial charge in [-0.25, -0.2) is 4.79 Å². The summed E-state index contributed by atoms with van der Waals surface area (Å²) in [6.45, 7) is 3.80. The molecular formula is C19H31NO3.